The van der Waals surface area contributed by atoms with Gasteiger partial charge in [0.05, 0.1) is 13.2 Å². The van der Waals surface area contributed by atoms with E-state index in [-0.39, 0.29) is 26.1 Å². The first-order valence-corrected chi connectivity index (χ1v) is 21.5. The summed E-state index contributed by atoms with van der Waals surface area (Å²) in [5.74, 6) is -0.867. The molecule has 1 heterocycles. The average Bonchev–Trinajstić information content (AvgIpc) is 3.19. The van der Waals surface area contributed by atoms with Crippen molar-refractivity contribution >= 4 is 11.9 Å². The van der Waals surface area contributed by atoms with Crippen LogP contribution >= 0.6 is 0 Å². The first-order chi connectivity index (χ1) is 27.3. The molecule has 0 aromatic heterocycles. The van der Waals surface area contributed by atoms with E-state index in [0.717, 1.165) is 89.9 Å². The molecule has 0 saturated carbocycles. The lowest BCUT2D eigenvalue weighted by molar-refractivity contribution is -0.305. The second kappa shape index (κ2) is 36.5. The standard InChI is InChI=1S/C46H76O10/c1-3-5-7-9-11-13-15-17-19-20-21-23-25-27-29-31-33-35-42(49)55-39(38-54-46-45(52)44(51)43(50)40(36-47)56-46)37-53-41(48)34-32-30-28-26-24-22-18-16-14-12-10-8-6-4-2/h7,9-10,12-13,15-16,18-20,23,25,39-40,43-47,50-52H,3-6,8,11,14,17,21-22,24,26-38H2,1-2H3/b9-7+,12-10+,15-13+,18-16+,20-19+,25-23+/t39-,40-,43+,44?,45?,46-/m1/s1. The van der Waals surface area contributed by atoms with Gasteiger partial charge < -0.3 is 39.4 Å². The molecule has 1 aliphatic rings. The molecule has 4 N–H and O–H groups in total. The van der Waals surface area contributed by atoms with Crippen LogP contribution in [0, 0.1) is 0 Å². The monoisotopic (exact) mass is 789 g/mol. The van der Waals surface area contributed by atoms with Crippen LogP contribution < -0.4 is 0 Å². The Labute approximate surface area is 338 Å². The SMILES string of the molecule is CCC/C=C/C/C=C/C/C=C/C/C=C/CCCCCC(=O)O[C@H](COC(=O)CCCCCCC/C=C/C/C=C/CCCC)CO[C@@H]1O[C@H](CO)[C@H](O)C(O)C1O. The van der Waals surface area contributed by atoms with E-state index in [9.17, 15) is 30.0 Å². The molecule has 0 spiro atoms. The topological polar surface area (TPSA) is 152 Å². The number of esters is 2. The van der Waals surface area contributed by atoms with Gasteiger partial charge >= 0.3 is 11.9 Å². The normalized spacial score (nSPS) is 21.1. The van der Waals surface area contributed by atoms with E-state index in [1.165, 1.54) is 19.3 Å². The minimum Gasteiger partial charge on any atom is -0.462 e. The lowest BCUT2D eigenvalue weighted by atomic mass is 9.99. The van der Waals surface area contributed by atoms with Crippen LogP contribution in [0.25, 0.3) is 0 Å². The highest BCUT2D eigenvalue weighted by molar-refractivity contribution is 5.70. The maximum Gasteiger partial charge on any atom is 0.306 e. The number of rotatable bonds is 34. The Balaban J connectivity index is 2.40. The highest BCUT2D eigenvalue weighted by atomic mass is 16.7. The number of aliphatic hydroxyl groups is 4. The van der Waals surface area contributed by atoms with Crippen molar-refractivity contribution in [1.82, 2.24) is 0 Å². The largest absolute Gasteiger partial charge is 0.462 e. The van der Waals surface area contributed by atoms with Crippen molar-refractivity contribution in [3.8, 4) is 0 Å². The Morgan fingerprint density at radius 2 is 1.04 bits per heavy atom. The molecule has 1 aliphatic heterocycles. The van der Waals surface area contributed by atoms with E-state index in [4.69, 9.17) is 18.9 Å². The summed E-state index contributed by atoms with van der Waals surface area (Å²) < 4.78 is 22.1. The predicted molar refractivity (Wildman–Crippen MR) is 224 cm³/mol. The van der Waals surface area contributed by atoms with Crippen molar-refractivity contribution in [1.29, 1.82) is 0 Å². The Morgan fingerprint density at radius 3 is 1.59 bits per heavy atom. The minimum absolute atomic E-state index is 0.185. The zero-order valence-corrected chi connectivity index (χ0v) is 34.6. The van der Waals surface area contributed by atoms with Gasteiger partial charge in [-0.1, -0.05) is 132 Å². The number of hydrogen-bond donors (Lipinski definition) is 4. The Kier molecular flexibility index (Phi) is 33.3. The first kappa shape index (κ1) is 51.2. The number of allylic oxidation sites excluding steroid dienone is 12. The molecule has 10 nitrogen and oxygen atoms in total. The van der Waals surface area contributed by atoms with Crippen molar-refractivity contribution in [2.75, 3.05) is 19.8 Å². The van der Waals surface area contributed by atoms with Crippen LogP contribution in [0.2, 0.25) is 0 Å². The van der Waals surface area contributed by atoms with Gasteiger partial charge in [0, 0.05) is 12.8 Å². The van der Waals surface area contributed by atoms with Gasteiger partial charge in [-0.2, -0.15) is 0 Å². The average molecular weight is 789 g/mol. The third-order valence-corrected chi connectivity index (χ3v) is 9.29. The summed E-state index contributed by atoms with van der Waals surface area (Å²) in [6.07, 6.45) is 37.6. The van der Waals surface area contributed by atoms with E-state index in [1.807, 2.05) is 0 Å². The molecule has 320 valence electrons. The molecule has 10 heteroatoms. The van der Waals surface area contributed by atoms with Crippen LogP contribution in [0.3, 0.4) is 0 Å². The third kappa shape index (κ3) is 27.7. The van der Waals surface area contributed by atoms with E-state index in [1.54, 1.807) is 0 Å². The summed E-state index contributed by atoms with van der Waals surface area (Å²) in [7, 11) is 0. The molecule has 0 radical (unpaired) electrons. The zero-order chi connectivity index (χ0) is 40.9. The smallest absolute Gasteiger partial charge is 0.306 e. The molecule has 2 unspecified atom stereocenters. The van der Waals surface area contributed by atoms with Gasteiger partial charge in [-0.25, -0.2) is 0 Å². The second-order valence-corrected chi connectivity index (χ2v) is 14.4. The number of ether oxygens (including phenoxy) is 4. The molecule has 0 aliphatic carbocycles. The van der Waals surface area contributed by atoms with Crippen LogP contribution in [0.4, 0.5) is 0 Å². The molecular weight excluding hydrogens is 712 g/mol. The van der Waals surface area contributed by atoms with Gasteiger partial charge in [0.2, 0.25) is 0 Å². The summed E-state index contributed by atoms with van der Waals surface area (Å²) in [5, 5.41) is 40.0. The Bertz CT molecular complexity index is 1140. The van der Waals surface area contributed by atoms with E-state index in [2.05, 4.69) is 86.8 Å². The van der Waals surface area contributed by atoms with Gasteiger partial charge in [0.1, 0.15) is 31.0 Å². The number of carbonyl (C=O) groups excluding carboxylic acids is 2. The second-order valence-electron chi connectivity index (χ2n) is 14.4. The minimum atomic E-state index is -1.61. The Hall–Kier alpha value is -2.86. The molecule has 1 fully saturated rings. The van der Waals surface area contributed by atoms with Gasteiger partial charge in [0.25, 0.3) is 0 Å². The first-order valence-electron chi connectivity index (χ1n) is 21.5. The Morgan fingerprint density at radius 1 is 0.554 bits per heavy atom. The molecule has 56 heavy (non-hydrogen) atoms. The van der Waals surface area contributed by atoms with Crippen LogP contribution in [0.5, 0.6) is 0 Å². The highest BCUT2D eigenvalue weighted by Crippen LogP contribution is 2.22. The molecule has 0 aromatic carbocycles. The quantitative estimate of drug-likeness (QED) is 0.0283. The van der Waals surface area contributed by atoms with E-state index < -0.39 is 55.4 Å². The lowest BCUT2D eigenvalue weighted by Crippen LogP contribution is -2.59. The van der Waals surface area contributed by atoms with Crippen molar-refractivity contribution in [2.24, 2.45) is 0 Å². The van der Waals surface area contributed by atoms with E-state index in [0.29, 0.717) is 12.8 Å². The number of hydrogen-bond acceptors (Lipinski definition) is 10. The molecule has 0 amide bonds. The summed E-state index contributed by atoms with van der Waals surface area (Å²) in [6.45, 7) is 3.24. The van der Waals surface area contributed by atoms with Crippen LogP contribution in [-0.4, -0.2) is 89.0 Å². The predicted octanol–water partition coefficient (Wildman–Crippen LogP) is 8.83. The number of unbranched alkanes of at least 4 members (excludes halogenated alkanes) is 11. The van der Waals surface area contributed by atoms with Gasteiger partial charge in [-0.05, 0) is 77.0 Å². The molecule has 1 saturated heterocycles. The fraction of sp³-hybridized carbons (Fsp3) is 0.696. The zero-order valence-electron chi connectivity index (χ0n) is 34.6. The molecule has 1 rings (SSSR count). The highest BCUT2D eigenvalue weighted by Gasteiger charge is 2.44. The molecular formula is C46H76O10. The van der Waals surface area contributed by atoms with Crippen molar-refractivity contribution < 1.29 is 49.0 Å². The van der Waals surface area contributed by atoms with Gasteiger partial charge in [-0.3, -0.25) is 9.59 Å². The fourth-order valence-electron chi connectivity index (χ4n) is 5.84. The van der Waals surface area contributed by atoms with Gasteiger partial charge in [0.15, 0.2) is 12.4 Å². The number of aliphatic hydroxyl groups excluding tert-OH is 4. The fourth-order valence-corrected chi connectivity index (χ4v) is 5.84. The number of carbonyl (C=O) groups is 2. The maximum atomic E-state index is 12.7. The lowest BCUT2D eigenvalue weighted by Gasteiger charge is -2.39. The molecule has 0 aromatic rings. The van der Waals surface area contributed by atoms with Crippen LogP contribution in [0.15, 0.2) is 72.9 Å². The van der Waals surface area contributed by atoms with Crippen molar-refractivity contribution in [3.05, 3.63) is 72.9 Å². The summed E-state index contributed by atoms with van der Waals surface area (Å²) in [4.78, 5) is 25.3. The summed E-state index contributed by atoms with van der Waals surface area (Å²) in [6, 6.07) is 0. The molecule has 6 atom stereocenters. The van der Waals surface area contributed by atoms with Crippen molar-refractivity contribution in [3.63, 3.8) is 0 Å². The summed E-state index contributed by atoms with van der Waals surface area (Å²) >= 11 is 0. The van der Waals surface area contributed by atoms with Crippen LogP contribution in [0.1, 0.15) is 149 Å². The summed E-state index contributed by atoms with van der Waals surface area (Å²) in [5.41, 5.74) is 0. The van der Waals surface area contributed by atoms with Gasteiger partial charge in [-0.15, -0.1) is 0 Å². The third-order valence-electron chi connectivity index (χ3n) is 9.29. The van der Waals surface area contributed by atoms with Crippen molar-refractivity contribution in [2.45, 2.75) is 185 Å². The maximum absolute atomic E-state index is 12.7. The van der Waals surface area contributed by atoms with E-state index >= 15 is 0 Å². The molecule has 0 bridgehead atoms. The van der Waals surface area contributed by atoms with Crippen LogP contribution in [-0.2, 0) is 28.5 Å².